The molecule has 0 bridgehead atoms. The Morgan fingerprint density at radius 3 is 1.38 bits per heavy atom. The van der Waals surface area contributed by atoms with Gasteiger partial charge in [0.25, 0.3) is 11.8 Å². The maximum atomic E-state index is 13.2. The molecule has 0 aromatic carbocycles. The molecule has 0 aromatic rings. The van der Waals surface area contributed by atoms with Crippen LogP contribution in [-0.2, 0) is 28.7 Å². The third kappa shape index (κ3) is 9.75. The highest BCUT2D eigenvalue weighted by Crippen LogP contribution is 2.42. The number of hydrogen-bond acceptors (Lipinski definition) is 10. The topological polar surface area (TPSA) is 93.2 Å². The maximum Gasteiger partial charge on any atom is 0.306 e. The van der Waals surface area contributed by atoms with Gasteiger partial charge < -0.3 is 9.47 Å². The van der Waals surface area contributed by atoms with Gasteiger partial charge >= 0.3 is 11.9 Å². The van der Waals surface area contributed by atoms with Crippen molar-refractivity contribution in [1.29, 1.82) is 0 Å². The maximum absolute atomic E-state index is 13.2. The lowest BCUT2D eigenvalue weighted by Crippen LogP contribution is -2.31. The van der Waals surface area contributed by atoms with Gasteiger partial charge in [0.2, 0.25) is 0 Å². The van der Waals surface area contributed by atoms with Crippen LogP contribution in [0.15, 0.2) is 9.81 Å². The van der Waals surface area contributed by atoms with Crippen molar-refractivity contribution in [2.45, 2.75) is 128 Å². The van der Waals surface area contributed by atoms with Crippen LogP contribution in [-0.4, -0.2) is 67.5 Å². The number of esters is 2. The van der Waals surface area contributed by atoms with Crippen molar-refractivity contribution in [3.8, 4) is 0 Å². The molecule has 2 amide bonds. The lowest BCUT2D eigenvalue weighted by Gasteiger charge is -2.21. The van der Waals surface area contributed by atoms with Crippen molar-refractivity contribution in [3.05, 3.63) is 9.81 Å². The van der Waals surface area contributed by atoms with Crippen molar-refractivity contribution in [2.24, 2.45) is 0 Å². The number of thiocarbonyl (C=S) groups is 2. The summed E-state index contributed by atoms with van der Waals surface area (Å²) in [6.45, 7) is 0.907. The number of thioether (sulfide) groups is 2. The summed E-state index contributed by atoms with van der Waals surface area (Å²) < 4.78 is 12.0. The van der Waals surface area contributed by atoms with Gasteiger partial charge in [-0.05, 0) is 77.0 Å². The summed E-state index contributed by atoms with van der Waals surface area (Å²) in [6, 6.07) is 0. The fraction of sp³-hybridized carbons (Fsp3) is 0.733. The van der Waals surface area contributed by atoms with Gasteiger partial charge in [-0.3, -0.25) is 29.0 Å². The van der Waals surface area contributed by atoms with Crippen molar-refractivity contribution < 1.29 is 28.7 Å². The molecule has 0 radical (unpaired) electrons. The zero-order valence-corrected chi connectivity index (χ0v) is 27.5. The van der Waals surface area contributed by atoms with E-state index in [0.717, 1.165) is 87.7 Å². The van der Waals surface area contributed by atoms with Crippen molar-refractivity contribution in [3.63, 3.8) is 0 Å². The van der Waals surface area contributed by atoms with Gasteiger partial charge in [0, 0.05) is 25.9 Å². The average Bonchev–Trinajstić information content (AvgIpc) is 3.42. The fourth-order valence-corrected chi connectivity index (χ4v) is 8.51. The summed E-state index contributed by atoms with van der Waals surface area (Å²) in [4.78, 5) is 54.4. The Kier molecular flexibility index (Phi) is 13.6. The minimum atomic E-state index is -0.251. The SMILES string of the molecule is O=C(CCCCCN1C(=O)/C(=C2\SC(=S)N(CCCCCC(=O)OC3CCCCC3)C2=O)SC1=S)OC1CCCCC1. The van der Waals surface area contributed by atoms with E-state index in [9.17, 15) is 19.2 Å². The average molecular weight is 655 g/mol. The Morgan fingerprint density at radius 1 is 0.619 bits per heavy atom. The van der Waals surface area contributed by atoms with E-state index in [0.29, 0.717) is 70.1 Å². The molecule has 0 unspecified atom stereocenters. The van der Waals surface area contributed by atoms with Gasteiger partial charge in [-0.2, -0.15) is 0 Å². The summed E-state index contributed by atoms with van der Waals surface area (Å²) in [5.74, 6) is -0.768. The van der Waals surface area contributed by atoms with Gasteiger partial charge in [0.05, 0.1) is 9.81 Å². The lowest BCUT2D eigenvalue weighted by molar-refractivity contribution is -0.151. The molecule has 4 fully saturated rings. The number of ether oxygens (including phenoxy) is 2. The number of nitrogens with zero attached hydrogens (tertiary/aromatic N) is 2. The van der Waals surface area contributed by atoms with E-state index >= 15 is 0 Å². The summed E-state index contributed by atoms with van der Waals surface area (Å²) in [5.41, 5.74) is 0. The number of amides is 2. The number of carbonyl (C=O) groups is 4. The molecule has 2 aliphatic heterocycles. The first kappa shape index (κ1) is 33.4. The van der Waals surface area contributed by atoms with E-state index in [-0.39, 0.29) is 36.0 Å². The zero-order chi connectivity index (χ0) is 29.9. The fourth-order valence-electron chi connectivity index (χ4n) is 5.74. The van der Waals surface area contributed by atoms with Crippen molar-refractivity contribution in [2.75, 3.05) is 13.1 Å². The summed E-state index contributed by atoms with van der Waals surface area (Å²) in [5, 5.41) is 0. The van der Waals surface area contributed by atoms with Crippen LogP contribution < -0.4 is 0 Å². The summed E-state index contributed by atoms with van der Waals surface area (Å²) in [7, 11) is 0. The van der Waals surface area contributed by atoms with Crippen LogP contribution in [0, 0.1) is 0 Å². The Labute approximate surface area is 268 Å². The molecule has 12 heteroatoms. The molecular weight excluding hydrogens is 613 g/mol. The Bertz CT molecular complexity index is 986. The molecule has 4 rings (SSSR count). The van der Waals surface area contributed by atoms with Crippen LogP contribution in [0.4, 0.5) is 0 Å². The molecule has 2 aliphatic carbocycles. The first-order chi connectivity index (χ1) is 20.3. The normalized spacial score (nSPS) is 22.4. The van der Waals surface area contributed by atoms with E-state index in [1.165, 1.54) is 12.8 Å². The van der Waals surface area contributed by atoms with Crippen LogP contribution in [0.2, 0.25) is 0 Å². The molecule has 0 N–H and O–H groups in total. The van der Waals surface area contributed by atoms with Gasteiger partial charge in [-0.15, -0.1) is 0 Å². The molecule has 2 heterocycles. The highest BCUT2D eigenvalue weighted by molar-refractivity contribution is 8.29. The van der Waals surface area contributed by atoms with Gasteiger partial charge in [0.15, 0.2) is 0 Å². The van der Waals surface area contributed by atoms with E-state index in [1.807, 2.05) is 0 Å². The Hall–Kier alpha value is -1.50. The zero-order valence-electron chi connectivity index (χ0n) is 24.3. The lowest BCUT2D eigenvalue weighted by atomic mass is 9.98. The second-order valence-corrected chi connectivity index (χ2v) is 14.7. The molecule has 42 heavy (non-hydrogen) atoms. The first-order valence-corrected chi connectivity index (χ1v) is 18.0. The quantitative estimate of drug-likeness (QED) is 0.0863. The molecule has 232 valence electrons. The van der Waals surface area contributed by atoms with Crippen LogP contribution in [0.3, 0.4) is 0 Å². The van der Waals surface area contributed by atoms with Crippen LogP contribution >= 0.6 is 48.0 Å². The van der Waals surface area contributed by atoms with Crippen LogP contribution in [0.1, 0.15) is 116 Å². The van der Waals surface area contributed by atoms with E-state index < -0.39 is 0 Å². The van der Waals surface area contributed by atoms with Crippen molar-refractivity contribution in [1.82, 2.24) is 9.80 Å². The number of hydrogen-bond donors (Lipinski definition) is 0. The van der Waals surface area contributed by atoms with E-state index in [4.69, 9.17) is 33.9 Å². The van der Waals surface area contributed by atoms with Crippen LogP contribution in [0.5, 0.6) is 0 Å². The molecule has 0 aromatic heterocycles. The molecular formula is C30H42N2O6S4. The monoisotopic (exact) mass is 654 g/mol. The second-order valence-electron chi connectivity index (χ2n) is 11.4. The third-order valence-corrected chi connectivity index (χ3v) is 11.2. The Balaban J connectivity index is 1.14. The predicted molar refractivity (Wildman–Crippen MR) is 174 cm³/mol. The highest BCUT2D eigenvalue weighted by atomic mass is 32.2. The van der Waals surface area contributed by atoms with E-state index in [1.54, 1.807) is 9.80 Å². The largest absolute Gasteiger partial charge is 0.462 e. The van der Waals surface area contributed by atoms with Crippen molar-refractivity contribution >= 4 is 80.4 Å². The molecule has 4 aliphatic rings. The molecule has 0 atom stereocenters. The first-order valence-electron chi connectivity index (χ1n) is 15.5. The summed E-state index contributed by atoms with van der Waals surface area (Å²) >= 11 is 13.2. The third-order valence-electron chi connectivity index (χ3n) is 8.13. The van der Waals surface area contributed by atoms with Gasteiger partial charge in [0.1, 0.15) is 20.8 Å². The second kappa shape index (κ2) is 17.1. The standard InChI is InChI=1S/C30H42N2O6S4/c33-23(37-21-13-5-1-6-14-21)17-9-3-11-19-31-27(35)25(41-29(31)39)26-28(36)32(30(40)42-26)20-12-4-10-18-24(34)38-22-15-7-2-8-16-22/h21-22H,1-20H2/b26-25+. The van der Waals surface area contributed by atoms with Crippen LogP contribution in [0.25, 0.3) is 0 Å². The highest BCUT2D eigenvalue weighted by Gasteiger charge is 2.41. The smallest absolute Gasteiger partial charge is 0.306 e. The predicted octanol–water partition coefficient (Wildman–Crippen LogP) is 6.79. The minimum absolute atomic E-state index is 0.0794. The molecule has 0 spiro atoms. The van der Waals surface area contributed by atoms with Gasteiger partial charge in [-0.1, -0.05) is 73.6 Å². The summed E-state index contributed by atoms with van der Waals surface area (Å²) in [6.07, 6.45) is 16.2. The Morgan fingerprint density at radius 2 is 1.00 bits per heavy atom. The van der Waals surface area contributed by atoms with E-state index in [2.05, 4.69) is 0 Å². The molecule has 8 nitrogen and oxygen atoms in total. The minimum Gasteiger partial charge on any atom is -0.462 e. The van der Waals surface area contributed by atoms with Gasteiger partial charge in [-0.25, -0.2) is 0 Å². The number of unbranched alkanes of at least 4 members (excludes halogenated alkanes) is 4. The molecule has 2 saturated heterocycles. The number of carbonyl (C=O) groups excluding carboxylic acids is 4. The molecule has 2 saturated carbocycles. The number of rotatable bonds is 14.